The molecule has 0 aliphatic rings. The Balaban J connectivity index is 3.71. The third-order valence-electron chi connectivity index (χ3n) is 5.75. The van der Waals surface area contributed by atoms with E-state index in [9.17, 15) is 9.90 Å². The predicted molar refractivity (Wildman–Crippen MR) is 120 cm³/mol. The minimum atomic E-state index is -0.336. The van der Waals surface area contributed by atoms with Crippen LogP contribution in [0.25, 0.3) is 0 Å². The van der Waals surface area contributed by atoms with Crippen LogP contribution in [0, 0.1) is 0 Å². The molecule has 0 radical (unpaired) electrons. The molecule has 0 saturated heterocycles. The van der Waals surface area contributed by atoms with Gasteiger partial charge in [-0.3, -0.25) is 0 Å². The molecule has 0 fully saturated rings. The molecule has 0 saturated carbocycles. The first kappa shape index (κ1) is 26.8. The van der Waals surface area contributed by atoms with E-state index in [4.69, 9.17) is 12.6 Å². The molecule has 0 aromatic rings. The number of unbranched alkanes of at least 4 members (excludes halogenated alkanes) is 11. The number of aliphatic hydroxyl groups excluding tert-OH is 1. The number of carbonyl (C=O) groups is 1. The van der Waals surface area contributed by atoms with Crippen LogP contribution >= 0.6 is 0 Å². The zero-order valence-corrected chi connectivity index (χ0v) is 19.5. The van der Waals surface area contributed by atoms with Crippen molar-refractivity contribution in [1.82, 2.24) is 0 Å². The Morgan fingerprint density at radius 3 is 1.63 bits per heavy atom. The zero-order chi connectivity index (χ0) is 20.5. The molecule has 2 atom stereocenters. The molecule has 0 aliphatic carbocycles. The van der Waals surface area contributed by atoms with Gasteiger partial charge in [-0.1, -0.05) is 97.3 Å². The molecule has 0 spiro atoms. The zero-order valence-electron chi connectivity index (χ0n) is 18.7. The number of hydrogen-bond donors (Lipinski definition) is 1. The van der Waals surface area contributed by atoms with Crippen LogP contribution in [0.4, 0.5) is 0 Å². The number of rotatable bonds is 19. The van der Waals surface area contributed by atoms with Gasteiger partial charge in [0.25, 0.3) is 0 Å². The quantitative estimate of drug-likeness (QED) is 0.170. The topological polar surface area (TPSA) is 37.3 Å². The molecular formula is C23H47NO2S. The summed E-state index contributed by atoms with van der Waals surface area (Å²) in [6, 6.07) is -0.165. The summed E-state index contributed by atoms with van der Waals surface area (Å²) >= 11 is 4.92. The van der Waals surface area contributed by atoms with Crippen molar-refractivity contribution in [3.63, 3.8) is 0 Å². The first-order chi connectivity index (χ1) is 12.8. The maximum atomic E-state index is 11.8. The van der Waals surface area contributed by atoms with Crippen LogP contribution in [-0.2, 0) is 17.4 Å². The molecule has 4 heteroatoms. The van der Waals surface area contributed by atoms with Crippen molar-refractivity contribution in [1.29, 1.82) is 0 Å². The molecule has 0 aromatic heterocycles. The van der Waals surface area contributed by atoms with Gasteiger partial charge in [0.05, 0.1) is 19.2 Å². The lowest BCUT2D eigenvalue weighted by Gasteiger charge is -2.40. The van der Waals surface area contributed by atoms with Crippen LogP contribution in [-0.4, -0.2) is 47.5 Å². The average Bonchev–Trinajstić information content (AvgIpc) is 2.59. The van der Waals surface area contributed by atoms with E-state index in [0.717, 1.165) is 25.7 Å². The van der Waals surface area contributed by atoms with Gasteiger partial charge in [0.2, 0.25) is 0 Å². The Morgan fingerprint density at radius 1 is 0.778 bits per heavy atom. The highest BCUT2D eigenvalue weighted by atomic mass is 32.1. The minimum absolute atomic E-state index is 0.165. The first-order valence-electron chi connectivity index (χ1n) is 11.6. The lowest BCUT2D eigenvalue weighted by molar-refractivity contribution is -0.908. The van der Waals surface area contributed by atoms with Gasteiger partial charge in [-0.15, -0.1) is 0 Å². The summed E-state index contributed by atoms with van der Waals surface area (Å²) in [5.74, 6) is 0. The second-order valence-corrected chi connectivity index (χ2v) is 9.32. The highest BCUT2D eigenvalue weighted by Crippen LogP contribution is 2.17. The summed E-state index contributed by atoms with van der Waals surface area (Å²) in [7, 11) is 4.05. The number of quaternary nitrogens is 1. The monoisotopic (exact) mass is 401 g/mol. The predicted octanol–water partition coefficient (Wildman–Crippen LogP) is 5.76. The van der Waals surface area contributed by atoms with Crippen LogP contribution in [0.15, 0.2) is 0 Å². The Morgan fingerprint density at radius 2 is 1.22 bits per heavy atom. The van der Waals surface area contributed by atoms with Gasteiger partial charge in [-0.2, -0.15) is 0 Å². The molecule has 0 rings (SSSR count). The molecular weight excluding hydrogens is 354 g/mol. The molecule has 2 unspecified atom stereocenters. The summed E-state index contributed by atoms with van der Waals surface area (Å²) in [4.78, 5) is 11.8. The number of carbonyl (C=O) groups excluding carboxylic acids is 1. The largest absolute Gasteiger partial charge is 0.736 e. The van der Waals surface area contributed by atoms with Gasteiger partial charge >= 0.3 is 0 Å². The average molecular weight is 402 g/mol. The van der Waals surface area contributed by atoms with E-state index in [1.54, 1.807) is 0 Å². The van der Waals surface area contributed by atoms with Gasteiger partial charge in [0.1, 0.15) is 18.7 Å². The molecule has 0 aromatic carbocycles. The molecule has 1 N–H and O–H groups in total. The summed E-state index contributed by atoms with van der Waals surface area (Å²) < 4.78 is 0.510. The molecule has 0 bridgehead atoms. The third kappa shape index (κ3) is 14.5. The summed E-state index contributed by atoms with van der Waals surface area (Å²) in [5.41, 5.74) is 0. The van der Waals surface area contributed by atoms with E-state index >= 15 is 0 Å². The second kappa shape index (κ2) is 16.7. The maximum Gasteiger partial charge on any atom is 0.126 e. The van der Waals surface area contributed by atoms with Crippen LogP contribution < -0.4 is 0 Å². The number of hydrogen-bond acceptors (Lipinski definition) is 3. The third-order valence-corrected chi connectivity index (χ3v) is 6.02. The second-order valence-electron chi connectivity index (χ2n) is 8.92. The van der Waals surface area contributed by atoms with E-state index in [1.165, 1.54) is 70.6 Å². The van der Waals surface area contributed by atoms with E-state index in [1.807, 2.05) is 14.1 Å². The lowest BCUT2D eigenvalue weighted by Crippen LogP contribution is -2.55. The number of aliphatic hydroxyl groups is 1. The van der Waals surface area contributed by atoms with E-state index in [2.05, 4.69) is 13.8 Å². The molecule has 0 aliphatic heterocycles. The Labute approximate surface area is 175 Å². The molecule has 27 heavy (non-hydrogen) atoms. The van der Waals surface area contributed by atoms with Crippen molar-refractivity contribution >= 4 is 17.7 Å². The fourth-order valence-corrected chi connectivity index (χ4v) is 4.41. The SMILES string of the molecule is CCCCCCCCCCCCCCC(O)C[N+](C)(C)C(CCC)C(=O)[S-]. The van der Waals surface area contributed by atoms with Gasteiger partial charge in [0, 0.05) is 6.42 Å². The normalized spacial score (nSPS) is 14.3. The Kier molecular flexibility index (Phi) is 16.6. The van der Waals surface area contributed by atoms with Gasteiger partial charge in [-0.05, 0) is 6.42 Å². The van der Waals surface area contributed by atoms with Gasteiger partial charge in [-0.25, -0.2) is 0 Å². The van der Waals surface area contributed by atoms with E-state index in [0.29, 0.717) is 11.0 Å². The standard InChI is InChI=1S/C23H47NO2S/c1-5-7-8-9-10-11-12-13-14-15-16-17-19-21(25)20-24(3,4)22(18-6-2)23(26)27/h21-22,25H,5-20H2,1-4H3. The molecule has 0 heterocycles. The Hall–Kier alpha value is -0.190. The number of nitrogens with zero attached hydrogens (tertiary/aromatic N) is 1. The van der Waals surface area contributed by atoms with Crippen molar-refractivity contribution in [3.8, 4) is 0 Å². The van der Waals surface area contributed by atoms with Crippen LogP contribution in [0.1, 0.15) is 110 Å². The fourth-order valence-electron chi connectivity index (χ4n) is 4.01. The van der Waals surface area contributed by atoms with Crippen molar-refractivity contribution < 1.29 is 14.4 Å². The van der Waals surface area contributed by atoms with Crippen LogP contribution in [0.3, 0.4) is 0 Å². The maximum absolute atomic E-state index is 11.8. The highest BCUT2D eigenvalue weighted by molar-refractivity contribution is 7.77. The first-order valence-corrected chi connectivity index (χ1v) is 12.0. The molecule has 162 valence electrons. The fraction of sp³-hybridized carbons (Fsp3) is 0.957. The molecule has 0 amide bonds. The van der Waals surface area contributed by atoms with Crippen molar-refractivity contribution in [2.75, 3.05) is 20.6 Å². The highest BCUT2D eigenvalue weighted by Gasteiger charge is 2.30. The van der Waals surface area contributed by atoms with Crippen molar-refractivity contribution in [3.05, 3.63) is 0 Å². The lowest BCUT2D eigenvalue weighted by atomic mass is 10.0. The van der Waals surface area contributed by atoms with Crippen LogP contribution in [0.5, 0.6) is 0 Å². The summed E-state index contributed by atoms with van der Waals surface area (Å²) in [6.07, 6.45) is 18.3. The Bertz CT molecular complexity index is 360. The van der Waals surface area contributed by atoms with Crippen molar-refractivity contribution in [2.24, 2.45) is 0 Å². The smallest absolute Gasteiger partial charge is 0.126 e. The van der Waals surface area contributed by atoms with Gasteiger partial charge in [0.15, 0.2) is 0 Å². The van der Waals surface area contributed by atoms with E-state index in [-0.39, 0.29) is 17.3 Å². The van der Waals surface area contributed by atoms with Crippen molar-refractivity contribution in [2.45, 2.75) is 122 Å². The van der Waals surface area contributed by atoms with Gasteiger partial charge < -0.3 is 27.0 Å². The molecule has 3 nitrogen and oxygen atoms in total. The summed E-state index contributed by atoms with van der Waals surface area (Å²) in [5, 5.41) is 10.2. The minimum Gasteiger partial charge on any atom is -0.736 e. The summed E-state index contributed by atoms with van der Waals surface area (Å²) in [6.45, 7) is 4.96. The van der Waals surface area contributed by atoms with Crippen LogP contribution in [0.2, 0.25) is 0 Å². The van der Waals surface area contributed by atoms with E-state index < -0.39 is 0 Å². The number of likely N-dealkylation sites (N-methyl/N-ethyl adjacent to an activating group) is 1.